The predicted octanol–water partition coefficient (Wildman–Crippen LogP) is 1.12. The molecule has 0 aromatic carbocycles. The average molecular weight is 251 g/mol. The summed E-state index contributed by atoms with van der Waals surface area (Å²) in [4.78, 5) is 2.53. The summed E-state index contributed by atoms with van der Waals surface area (Å²) in [6.07, 6.45) is 3.02. The summed E-state index contributed by atoms with van der Waals surface area (Å²) in [5, 5.41) is 11.7. The highest BCUT2D eigenvalue weighted by Gasteiger charge is 2.23. The van der Waals surface area contributed by atoms with Gasteiger partial charge in [0.15, 0.2) is 0 Å². The highest BCUT2D eigenvalue weighted by Crippen LogP contribution is 2.14. The fourth-order valence-corrected chi connectivity index (χ4v) is 2.47. The molecule has 0 amide bonds. The van der Waals surface area contributed by atoms with E-state index >= 15 is 0 Å². The first-order valence-corrected chi connectivity index (χ1v) is 7.02. The van der Waals surface area contributed by atoms with Crippen LogP contribution in [0, 0.1) is 5.92 Å². The number of fused-ring (bicyclic) bond motifs is 1. The van der Waals surface area contributed by atoms with Gasteiger partial charge in [-0.1, -0.05) is 20.8 Å². The van der Waals surface area contributed by atoms with Crippen LogP contribution in [0.15, 0.2) is 6.33 Å². The number of hydrogen-bond acceptors (Lipinski definition) is 4. The molecule has 1 aliphatic heterocycles. The maximum absolute atomic E-state index is 4.18. The van der Waals surface area contributed by atoms with E-state index in [1.165, 1.54) is 6.42 Å². The quantitative estimate of drug-likeness (QED) is 0.823. The Kier molecular flexibility index (Phi) is 4.72. The minimum atomic E-state index is 0.606. The first-order valence-electron chi connectivity index (χ1n) is 7.02. The van der Waals surface area contributed by atoms with Crippen molar-refractivity contribution in [2.45, 2.75) is 46.3 Å². The van der Waals surface area contributed by atoms with Crippen LogP contribution in [-0.2, 0) is 13.1 Å². The van der Waals surface area contributed by atoms with Crippen molar-refractivity contribution in [1.29, 1.82) is 0 Å². The van der Waals surface area contributed by atoms with E-state index in [0.29, 0.717) is 12.0 Å². The molecule has 1 atom stereocenters. The zero-order valence-electron chi connectivity index (χ0n) is 11.8. The standard InChI is InChI=1S/C13H25N5/c1-4-12(8-14-7-11(2)3)17-5-6-18-10-15-16-13(18)9-17/h10-12,14H,4-9H2,1-3H3. The van der Waals surface area contributed by atoms with Crippen LogP contribution >= 0.6 is 0 Å². The summed E-state index contributed by atoms with van der Waals surface area (Å²) in [5.74, 6) is 1.82. The highest BCUT2D eigenvalue weighted by molar-refractivity contribution is 4.92. The van der Waals surface area contributed by atoms with Gasteiger partial charge in [0, 0.05) is 25.7 Å². The Balaban J connectivity index is 1.86. The topological polar surface area (TPSA) is 46.0 Å². The van der Waals surface area contributed by atoms with E-state index in [1.807, 2.05) is 6.33 Å². The molecule has 0 fully saturated rings. The van der Waals surface area contributed by atoms with Crippen molar-refractivity contribution in [2.75, 3.05) is 19.6 Å². The molecule has 0 aliphatic carbocycles. The second-order valence-corrected chi connectivity index (χ2v) is 5.53. The monoisotopic (exact) mass is 251 g/mol. The third kappa shape index (κ3) is 3.29. The van der Waals surface area contributed by atoms with Gasteiger partial charge in [0.05, 0.1) is 6.54 Å². The van der Waals surface area contributed by atoms with Gasteiger partial charge in [-0.2, -0.15) is 0 Å². The van der Waals surface area contributed by atoms with Crippen LogP contribution in [0.3, 0.4) is 0 Å². The van der Waals surface area contributed by atoms with E-state index in [9.17, 15) is 0 Å². The fraction of sp³-hybridized carbons (Fsp3) is 0.846. The lowest BCUT2D eigenvalue weighted by molar-refractivity contribution is 0.144. The normalized spacial score (nSPS) is 18.0. The second-order valence-electron chi connectivity index (χ2n) is 5.53. The smallest absolute Gasteiger partial charge is 0.147 e. The van der Waals surface area contributed by atoms with Crippen molar-refractivity contribution in [3.8, 4) is 0 Å². The maximum Gasteiger partial charge on any atom is 0.147 e. The molecule has 0 bridgehead atoms. The lowest BCUT2D eigenvalue weighted by Gasteiger charge is -2.34. The molecule has 0 saturated heterocycles. The van der Waals surface area contributed by atoms with E-state index in [-0.39, 0.29) is 0 Å². The van der Waals surface area contributed by atoms with E-state index in [4.69, 9.17) is 0 Å². The van der Waals surface area contributed by atoms with Crippen LogP contribution in [0.2, 0.25) is 0 Å². The molecule has 18 heavy (non-hydrogen) atoms. The molecule has 1 unspecified atom stereocenters. The van der Waals surface area contributed by atoms with Crippen molar-refractivity contribution in [1.82, 2.24) is 25.0 Å². The molecule has 1 aliphatic rings. The average Bonchev–Trinajstić information content (AvgIpc) is 2.81. The van der Waals surface area contributed by atoms with Gasteiger partial charge in [-0.3, -0.25) is 4.90 Å². The maximum atomic E-state index is 4.18. The molecular weight excluding hydrogens is 226 g/mol. The van der Waals surface area contributed by atoms with Gasteiger partial charge >= 0.3 is 0 Å². The molecule has 102 valence electrons. The molecule has 2 rings (SSSR count). The van der Waals surface area contributed by atoms with Crippen molar-refractivity contribution in [2.24, 2.45) is 5.92 Å². The zero-order valence-corrected chi connectivity index (χ0v) is 11.8. The first kappa shape index (κ1) is 13.5. The van der Waals surface area contributed by atoms with Gasteiger partial charge < -0.3 is 9.88 Å². The van der Waals surface area contributed by atoms with Gasteiger partial charge in [0.25, 0.3) is 0 Å². The van der Waals surface area contributed by atoms with Gasteiger partial charge in [-0.05, 0) is 18.9 Å². The fourth-order valence-electron chi connectivity index (χ4n) is 2.47. The predicted molar refractivity (Wildman–Crippen MR) is 72.2 cm³/mol. The molecule has 1 aromatic rings. The summed E-state index contributed by atoms with van der Waals surface area (Å²) >= 11 is 0. The minimum absolute atomic E-state index is 0.606. The summed E-state index contributed by atoms with van der Waals surface area (Å²) in [7, 11) is 0. The van der Waals surface area contributed by atoms with Gasteiger partial charge in [-0.15, -0.1) is 10.2 Å². The van der Waals surface area contributed by atoms with Crippen LogP contribution in [0.25, 0.3) is 0 Å². The second kappa shape index (κ2) is 6.29. The summed E-state index contributed by atoms with van der Waals surface area (Å²) in [6.45, 7) is 12.0. The number of nitrogens with one attached hydrogen (secondary N) is 1. The Hall–Kier alpha value is -0.940. The van der Waals surface area contributed by atoms with Crippen LogP contribution in [0.5, 0.6) is 0 Å². The molecule has 5 nitrogen and oxygen atoms in total. The number of hydrogen-bond donors (Lipinski definition) is 1. The van der Waals surface area contributed by atoms with Crippen LogP contribution < -0.4 is 5.32 Å². The molecule has 0 spiro atoms. The van der Waals surface area contributed by atoms with Crippen molar-refractivity contribution in [3.05, 3.63) is 12.2 Å². The molecule has 1 aromatic heterocycles. The van der Waals surface area contributed by atoms with Crippen molar-refractivity contribution >= 4 is 0 Å². The highest BCUT2D eigenvalue weighted by atomic mass is 15.3. The Morgan fingerprint density at radius 3 is 2.89 bits per heavy atom. The largest absolute Gasteiger partial charge is 0.315 e. The third-order valence-electron chi connectivity index (χ3n) is 3.59. The Morgan fingerprint density at radius 2 is 2.17 bits per heavy atom. The first-order chi connectivity index (χ1) is 8.70. The minimum Gasteiger partial charge on any atom is -0.315 e. The van der Waals surface area contributed by atoms with Gasteiger partial charge in [0.1, 0.15) is 12.2 Å². The van der Waals surface area contributed by atoms with Crippen LogP contribution in [-0.4, -0.2) is 45.3 Å². The van der Waals surface area contributed by atoms with E-state index in [0.717, 1.165) is 38.5 Å². The van der Waals surface area contributed by atoms with Gasteiger partial charge in [0.2, 0.25) is 0 Å². The third-order valence-corrected chi connectivity index (χ3v) is 3.59. The summed E-state index contributed by atoms with van der Waals surface area (Å²) in [5.41, 5.74) is 0. The molecule has 5 heteroatoms. The van der Waals surface area contributed by atoms with Gasteiger partial charge in [-0.25, -0.2) is 0 Å². The number of aromatic nitrogens is 3. The SMILES string of the molecule is CCC(CNCC(C)C)N1CCn2cnnc2C1. The Bertz CT molecular complexity index is 360. The molecule has 0 radical (unpaired) electrons. The molecule has 0 saturated carbocycles. The van der Waals surface area contributed by atoms with Crippen molar-refractivity contribution < 1.29 is 0 Å². The summed E-state index contributed by atoms with van der Waals surface area (Å²) < 4.78 is 2.16. The van der Waals surface area contributed by atoms with E-state index in [1.54, 1.807) is 0 Å². The van der Waals surface area contributed by atoms with E-state index < -0.39 is 0 Å². The molecule has 1 N–H and O–H groups in total. The number of rotatable bonds is 6. The summed E-state index contributed by atoms with van der Waals surface area (Å²) in [6, 6.07) is 0.606. The lowest BCUT2D eigenvalue weighted by Crippen LogP contribution is -2.46. The molecular formula is C13H25N5. The number of nitrogens with zero attached hydrogens (tertiary/aromatic N) is 4. The van der Waals surface area contributed by atoms with Crippen LogP contribution in [0.4, 0.5) is 0 Å². The van der Waals surface area contributed by atoms with Crippen LogP contribution in [0.1, 0.15) is 33.0 Å². The zero-order chi connectivity index (χ0) is 13.0. The Morgan fingerprint density at radius 1 is 1.33 bits per heavy atom. The molecule has 2 heterocycles. The van der Waals surface area contributed by atoms with E-state index in [2.05, 4.69) is 45.8 Å². The lowest BCUT2D eigenvalue weighted by atomic mass is 10.1. The van der Waals surface area contributed by atoms with Crippen molar-refractivity contribution in [3.63, 3.8) is 0 Å². The Labute approximate surface area is 110 Å².